The highest BCUT2D eigenvalue weighted by atomic mass is 79.9. The minimum Gasteiger partial charge on any atom is -0.481 e. The molecule has 2 nitrogen and oxygen atoms in total. The zero-order valence-corrected chi connectivity index (χ0v) is 9.09. The minimum atomic E-state index is -1.01. The molecule has 0 amide bonds. The Bertz CT molecular complexity index is 393. The van der Waals surface area contributed by atoms with Crippen molar-refractivity contribution < 1.29 is 18.7 Å². The Hall–Kier alpha value is -1.23. The number of aliphatic carboxylic acids is 1. The van der Waals surface area contributed by atoms with Gasteiger partial charge in [-0.1, -0.05) is 12.2 Å². The zero-order chi connectivity index (χ0) is 11.4. The molecule has 1 N–H and O–H groups in total. The van der Waals surface area contributed by atoms with Crippen LogP contribution in [0.1, 0.15) is 12.0 Å². The van der Waals surface area contributed by atoms with Gasteiger partial charge in [0.2, 0.25) is 0 Å². The molecule has 0 heterocycles. The second kappa shape index (κ2) is 5.02. The fourth-order valence-corrected chi connectivity index (χ4v) is 1.53. The van der Waals surface area contributed by atoms with E-state index in [1.165, 1.54) is 12.2 Å². The van der Waals surface area contributed by atoms with Crippen molar-refractivity contribution in [3.05, 3.63) is 39.9 Å². The summed E-state index contributed by atoms with van der Waals surface area (Å²) in [5.41, 5.74) is 0.137. The maximum absolute atomic E-state index is 13.2. The van der Waals surface area contributed by atoms with Crippen molar-refractivity contribution in [2.24, 2.45) is 0 Å². The Morgan fingerprint density at radius 1 is 1.47 bits per heavy atom. The van der Waals surface area contributed by atoms with Crippen LogP contribution in [0.5, 0.6) is 0 Å². The van der Waals surface area contributed by atoms with Crippen LogP contribution in [-0.2, 0) is 4.79 Å². The first-order valence-electron chi connectivity index (χ1n) is 4.03. The number of hydrogen-bond acceptors (Lipinski definition) is 1. The second-order valence-corrected chi connectivity index (χ2v) is 3.64. The molecule has 0 saturated carbocycles. The number of carboxylic acid groups (broad SMARTS) is 1. The second-order valence-electron chi connectivity index (χ2n) is 2.78. The van der Waals surface area contributed by atoms with E-state index in [1.54, 1.807) is 0 Å². The van der Waals surface area contributed by atoms with Gasteiger partial charge >= 0.3 is 5.97 Å². The van der Waals surface area contributed by atoms with E-state index >= 15 is 0 Å². The van der Waals surface area contributed by atoms with Crippen molar-refractivity contribution >= 4 is 28.0 Å². The molecule has 0 unspecified atom stereocenters. The fourth-order valence-electron chi connectivity index (χ4n) is 0.990. The summed E-state index contributed by atoms with van der Waals surface area (Å²) in [6, 6.07) is 1.86. The van der Waals surface area contributed by atoms with Gasteiger partial charge in [0.15, 0.2) is 0 Å². The van der Waals surface area contributed by atoms with Crippen LogP contribution in [0, 0.1) is 11.6 Å². The first kappa shape index (κ1) is 11.8. The first-order chi connectivity index (χ1) is 7.00. The molecule has 1 rings (SSSR count). The Kier molecular flexibility index (Phi) is 3.96. The zero-order valence-electron chi connectivity index (χ0n) is 7.51. The van der Waals surface area contributed by atoms with Crippen molar-refractivity contribution in [1.29, 1.82) is 0 Å². The summed E-state index contributed by atoms with van der Waals surface area (Å²) in [5.74, 6) is -2.43. The predicted molar refractivity (Wildman–Crippen MR) is 55.3 cm³/mol. The van der Waals surface area contributed by atoms with E-state index < -0.39 is 17.6 Å². The third-order valence-electron chi connectivity index (χ3n) is 1.62. The van der Waals surface area contributed by atoms with Gasteiger partial charge in [-0.15, -0.1) is 0 Å². The van der Waals surface area contributed by atoms with Crippen molar-refractivity contribution in [2.45, 2.75) is 6.42 Å². The minimum absolute atomic E-state index is 0.137. The highest BCUT2D eigenvalue weighted by molar-refractivity contribution is 9.10. The molecule has 0 saturated heterocycles. The van der Waals surface area contributed by atoms with Crippen LogP contribution < -0.4 is 0 Å². The van der Waals surface area contributed by atoms with E-state index in [0.29, 0.717) is 0 Å². The van der Waals surface area contributed by atoms with Gasteiger partial charge < -0.3 is 5.11 Å². The largest absolute Gasteiger partial charge is 0.481 e. The van der Waals surface area contributed by atoms with Crippen LogP contribution in [0.25, 0.3) is 6.08 Å². The third-order valence-corrected chi connectivity index (χ3v) is 2.28. The maximum atomic E-state index is 13.2. The van der Waals surface area contributed by atoms with Crippen LogP contribution in [0.4, 0.5) is 8.78 Å². The van der Waals surface area contributed by atoms with Crippen LogP contribution in [0.15, 0.2) is 22.7 Å². The first-order valence-corrected chi connectivity index (χ1v) is 4.83. The number of carbonyl (C=O) groups is 1. The van der Waals surface area contributed by atoms with Crippen molar-refractivity contribution in [1.82, 2.24) is 0 Å². The average Bonchev–Trinajstić information content (AvgIpc) is 2.08. The molecule has 0 spiro atoms. The lowest BCUT2D eigenvalue weighted by molar-refractivity contribution is -0.135. The Balaban J connectivity index is 2.94. The number of benzene rings is 1. The number of carboxylic acids is 1. The molecule has 0 fully saturated rings. The Morgan fingerprint density at radius 2 is 2.13 bits per heavy atom. The summed E-state index contributed by atoms with van der Waals surface area (Å²) >= 11 is 2.99. The average molecular weight is 277 g/mol. The molecule has 5 heteroatoms. The fraction of sp³-hybridized carbons (Fsp3) is 0.100. The molecule has 80 valence electrons. The molecule has 1 aromatic rings. The van der Waals surface area contributed by atoms with E-state index in [9.17, 15) is 13.6 Å². The molecule has 15 heavy (non-hydrogen) atoms. The van der Waals surface area contributed by atoms with Gasteiger partial charge in [-0.3, -0.25) is 4.79 Å². The number of rotatable bonds is 3. The van der Waals surface area contributed by atoms with Crippen LogP contribution in [-0.4, -0.2) is 11.1 Å². The topological polar surface area (TPSA) is 37.3 Å². The third kappa shape index (κ3) is 3.43. The van der Waals surface area contributed by atoms with Crippen LogP contribution in [0.2, 0.25) is 0 Å². The molecule has 0 atom stereocenters. The molecule has 0 aliphatic carbocycles. The van der Waals surface area contributed by atoms with Gasteiger partial charge in [0.05, 0.1) is 6.42 Å². The molecule has 0 bridgehead atoms. The summed E-state index contributed by atoms with van der Waals surface area (Å²) in [6.07, 6.45) is 2.39. The SMILES string of the molecule is O=C(O)CC=Cc1c(F)cc(F)cc1Br. The van der Waals surface area contributed by atoms with Crippen molar-refractivity contribution in [3.8, 4) is 0 Å². The van der Waals surface area contributed by atoms with Crippen LogP contribution in [0.3, 0.4) is 0 Å². The predicted octanol–water partition coefficient (Wildman–Crippen LogP) is 3.22. The molecule has 0 radical (unpaired) electrons. The normalized spacial score (nSPS) is 10.9. The summed E-state index contributed by atoms with van der Waals surface area (Å²) in [6.45, 7) is 0. The maximum Gasteiger partial charge on any atom is 0.307 e. The van der Waals surface area contributed by atoms with Gasteiger partial charge in [0, 0.05) is 16.1 Å². The molecule has 1 aromatic carbocycles. The lowest BCUT2D eigenvalue weighted by Gasteiger charge is -2.00. The highest BCUT2D eigenvalue weighted by Crippen LogP contribution is 2.22. The summed E-state index contributed by atoms with van der Waals surface area (Å²) in [4.78, 5) is 10.2. The van der Waals surface area contributed by atoms with E-state index in [4.69, 9.17) is 5.11 Å². The number of halogens is 3. The molecule has 0 aliphatic rings. The van der Waals surface area contributed by atoms with Gasteiger partial charge in [-0.25, -0.2) is 8.78 Å². The monoisotopic (exact) mass is 276 g/mol. The summed E-state index contributed by atoms with van der Waals surface area (Å²) < 4.78 is 26.1. The summed E-state index contributed by atoms with van der Waals surface area (Å²) in [7, 11) is 0. The molecule has 0 aliphatic heterocycles. The van der Waals surface area contributed by atoms with Gasteiger partial charge in [0.1, 0.15) is 11.6 Å². The molecular weight excluding hydrogens is 270 g/mol. The van der Waals surface area contributed by atoms with Crippen molar-refractivity contribution in [2.75, 3.05) is 0 Å². The van der Waals surface area contributed by atoms with Gasteiger partial charge in [-0.2, -0.15) is 0 Å². The smallest absolute Gasteiger partial charge is 0.307 e. The van der Waals surface area contributed by atoms with E-state index in [1.807, 2.05) is 0 Å². The molecule has 0 aromatic heterocycles. The standard InChI is InChI=1S/C10H7BrF2O2/c11-8-4-6(12)5-9(13)7(8)2-1-3-10(14)15/h1-2,4-5H,3H2,(H,14,15). The lowest BCUT2D eigenvalue weighted by Crippen LogP contribution is -1.91. The molecular formula is C10H7BrF2O2. The van der Waals surface area contributed by atoms with Gasteiger partial charge in [-0.05, 0) is 22.0 Å². The lowest BCUT2D eigenvalue weighted by atomic mass is 10.2. The van der Waals surface area contributed by atoms with E-state index in [0.717, 1.165) is 12.1 Å². The quantitative estimate of drug-likeness (QED) is 0.921. The Morgan fingerprint density at radius 3 is 2.67 bits per heavy atom. The van der Waals surface area contributed by atoms with Crippen molar-refractivity contribution in [3.63, 3.8) is 0 Å². The van der Waals surface area contributed by atoms with E-state index in [-0.39, 0.29) is 16.5 Å². The summed E-state index contributed by atoms with van der Waals surface area (Å²) in [5, 5.41) is 8.36. The highest BCUT2D eigenvalue weighted by Gasteiger charge is 2.06. The van der Waals surface area contributed by atoms with E-state index in [2.05, 4.69) is 15.9 Å². The van der Waals surface area contributed by atoms with Gasteiger partial charge in [0.25, 0.3) is 0 Å². The van der Waals surface area contributed by atoms with Crippen LogP contribution >= 0.6 is 15.9 Å². The number of hydrogen-bond donors (Lipinski definition) is 1. The Labute approximate surface area is 93.4 Å².